The van der Waals surface area contributed by atoms with Gasteiger partial charge in [0, 0.05) is 24.5 Å². The number of carbonyl (C=O) groups excluding carboxylic acids is 1. The fourth-order valence-corrected chi connectivity index (χ4v) is 2.22. The Balaban J connectivity index is 1.92. The number of rotatable bonds is 3. The third-order valence-electron chi connectivity index (χ3n) is 3.34. The van der Waals surface area contributed by atoms with Gasteiger partial charge in [0.05, 0.1) is 19.3 Å². The second kappa shape index (κ2) is 6.04. The maximum atomic E-state index is 12.0. The number of nitrogens with one attached hydrogen (secondary N) is 1. The highest BCUT2D eigenvalue weighted by molar-refractivity contribution is 5.93. The molecule has 1 aliphatic heterocycles. The van der Waals surface area contributed by atoms with Crippen molar-refractivity contribution < 1.29 is 9.53 Å². The van der Waals surface area contributed by atoms with E-state index < -0.39 is 0 Å². The zero-order valence-corrected chi connectivity index (χ0v) is 11.5. The first kappa shape index (κ1) is 13.8. The molecule has 104 valence electrons. The van der Waals surface area contributed by atoms with Gasteiger partial charge in [-0.2, -0.15) is 0 Å². The van der Waals surface area contributed by atoms with E-state index in [2.05, 4.69) is 10.2 Å². The lowest BCUT2D eigenvalue weighted by Gasteiger charge is -2.30. The van der Waals surface area contributed by atoms with Crippen LogP contribution in [0.5, 0.6) is 0 Å². The molecule has 5 heteroatoms. The van der Waals surface area contributed by atoms with Gasteiger partial charge in [-0.15, -0.1) is 0 Å². The van der Waals surface area contributed by atoms with E-state index in [4.69, 9.17) is 10.5 Å². The number of hydrogen-bond acceptors (Lipinski definition) is 4. The molecule has 0 bridgehead atoms. The van der Waals surface area contributed by atoms with Crippen LogP contribution in [0.3, 0.4) is 0 Å². The predicted octanol–water partition coefficient (Wildman–Crippen LogP) is 1.24. The normalized spacial score (nSPS) is 20.2. The van der Waals surface area contributed by atoms with Crippen molar-refractivity contribution in [2.45, 2.75) is 20.0 Å². The molecule has 1 aromatic carbocycles. The quantitative estimate of drug-likeness (QED) is 0.805. The number of hydrogen-bond donors (Lipinski definition) is 2. The van der Waals surface area contributed by atoms with E-state index in [1.807, 2.05) is 32.0 Å². The number of nitrogen functional groups attached to an aromatic ring is 1. The Morgan fingerprint density at radius 1 is 1.58 bits per heavy atom. The molecule has 2 rings (SSSR count). The van der Waals surface area contributed by atoms with Crippen LogP contribution in [-0.4, -0.2) is 43.2 Å². The molecule has 3 N–H and O–H groups in total. The minimum absolute atomic E-state index is 0.0113. The smallest absolute Gasteiger partial charge is 0.238 e. The van der Waals surface area contributed by atoms with Gasteiger partial charge in [0.2, 0.25) is 5.91 Å². The van der Waals surface area contributed by atoms with E-state index in [-0.39, 0.29) is 12.0 Å². The standard InChI is InChI=1S/C14H21N3O2/c1-10-8-17(6-7-19-10)9-14(18)16-13-5-3-4-12(15)11(13)2/h3-5,10H,6-9,15H2,1-2H3,(H,16,18). The molecule has 1 atom stereocenters. The summed E-state index contributed by atoms with van der Waals surface area (Å²) in [5.41, 5.74) is 8.21. The van der Waals surface area contributed by atoms with E-state index in [0.717, 1.165) is 24.3 Å². The van der Waals surface area contributed by atoms with Crippen molar-refractivity contribution in [2.24, 2.45) is 0 Å². The Morgan fingerprint density at radius 3 is 3.11 bits per heavy atom. The van der Waals surface area contributed by atoms with Crippen LogP contribution in [0.4, 0.5) is 11.4 Å². The molecule has 1 saturated heterocycles. The number of anilines is 2. The van der Waals surface area contributed by atoms with Crippen LogP contribution in [0.1, 0.15) is 12.5 Å². The third-order valence-corrected chi connectivity index (χ3v) is 3.34. The molecule has 0 aromatic heterocycles. The average molecular weight is 263 g/mol. The molecule has 0 radical (unpaired) electrons. The lowest BCUT2D eigenvalue weighted by molar-refractivity contribution is -0.119. The predicted molar refractivity (Wildman–Crippen MR) is 76.1 cm³/mol. The second-order valence-corrected chi connectivity index (χ2v) is 4.98. The van der Waals surface area contributed by atoms with Gasteiger partial charge < -0.3 is 15.8 Å². The highest BCUT2D eigenvalue weighted by Gasteiger charge is 2.19. The van der Waals surface area contributed by atoms with E-state index in [0.29, 0.717) is 18.8 Å². The number of benzene rings is 1. The molecule has 0 spiro atoms. The van der Waals surface area contributed by atoms with Gasteiger partial charge in [-0.1, -0.05) is 6.07 Å². The number of morpholine rings is 1. The molecule has 1 amide bonds. The van der Waals surface area contributed by atoms with Crippen LogP contribution in [0.2, 0.25) is 0 Å². The summed E-state index contributed by atoms with van der Waals surface area (Å²) in [5, 5.41) is 2.91. The van der Waals surface area contributed by atoms with Gasteiger partial charge in [0.25, 0.3) is 0 Å². The molecule has 1 aromatic rings. The number of nitrogens with two attached hydrogens (primary N) is 1. The van der Waals surface area contributed by atoms with Crippen LogP contribution in [0, 0.1) is 6.92 Å². The summed E-state index contributed by atoms with van der Waals surface area (Å²) in [5.74, 6) is -0.0113. The molecule has 0 aliphatic carbocycles. The molecule has 5 nitrogen and oxygen atoms in total. The van der Waals surface area contributed by atoms with Crippen LogP contribution < -0.4 is 11.1 Å². The summed E-state index contributed by atoms with van der Waals surface area (Å²) in [6.45, 7) is 6.60. The summed E-state index contributed by atoms with van der Waals surface area (Å²) in [6.07, 6.45) is 0.190. The van der Waals surface area contributed by atoms with Crippen molar-refractivity contribution in [2.75, 3.05) is 37.3 Å². The topological polar surface area (TPSA) is 67.6 Å². The fraction of sp³-hybridized carbons (Fsp3) is 0.500. The van der Waals surface area contributed by atoms with Gasteiger partial charge >= 0.3 is 0 Å². The van der Waals surface area contributed by atoms with Crippen molar-refractivity contribution in [3.05, 3.63) is 23.8 Å². The lowest BCUT2D eigenvalue weighted by Crippen LogP contribution is -2.44. The molecule has 1 fully saturated rings. The Labute approximate surface area is 113 Å². The zero-order chi connectivity index (χ0) is 13.8. The number of carbonyl (C=O) groups is 1. The average Bonchev–Trinajstić information content (AvgIpc) is 2.35. The van der Waals surface area contributed by atoms with Gasteiger partial charge in [-0.05, 0) is 31.5 Å². The van der Waals surface area contributed by atoms with Gasteiger partial charge in [-0.3, -0.25) is 9.69 Å². The van der Waals surface area contributed by atoms with Crippen molar-refractivity contribution in [1.29, 1.82) is 0 Å². The first-order valence-electron chi connectivity index (χ1n) is 6.55. The van der Waals surface area contributed by atoms with Gasteiger partial charge in [0.1, 0.15) is 0 Å². The molecular weight excluding hydrogens is 242 g/mol. The Hall–Kier alpha value is -1.59. The van der Waals surface area contributed by atoms with Crippen LogP contribution in [0.15, 0.2) is 18.2 Å². The Kier molecular flexibility index (Phi) is 4.39. The van der Waals surface area contributed by atoms with E-state index in [1.54, 1.807) is 0 Å². The van der Waals surface area contributed by atoms with Crippen molar-refractivity contribution in [3.8, 4) is 0 Å². The highest BCUT2D eigenvalue weighted by Crippen LogP contribution is 2.20. The summed E-state index contributed by atoms with van der Waals surface area (Å²) >= 11 is 0. The summed E-state index contributed by atoms with van der Waals surface area (Å²) in [6, 6.07) is 5.54. The van der Waals surface area contributed by atoms with Crippen molar-refractivity contribution >= 4 is 17.3 Å². The number of amides is 1. The van der Waals surface area contributed by atoms with Crippen molar-refractivity contribution in [3.63, 3.8) is 0 Å². The van der Waals surface area contributed by atoms with Gasteiger partial charge in [0.15, 0.2) is 0 Å². The summed E-state index contributed by atoms with van der Waals surface area (Å²) in [7, 11) is 0. The second-order valence-electron chi connectivity index (χ2n) is 4.98. The summed E-state index contributed by atoms with van der Waals surface area (Å²) in [4.78, 5) is 14.1. The minimum Gasteiger partial charge on any atom is -0.398 e. The monoisotopic (exact) mass is 263 g/mol. The zero-order valence-electron chi connectivity index (χ0n) is 11.5. The maximum Gasteiger partial charge on any atom is 0.238 e. The molecule has 0 saturated carbocycles. The Bertz CT molecular complexity index is 462. The van der Waals surface area contributed by atoms with Crippen LogP contribution in [-0.2, 0) is 9.53 Å². The minimum atomic E-state index is -0.0113. The van der Waals surface area contributed by atoms with E-state index in [1.165, 1.54) is 0 Å². The fourth-order valence-electron chi connectivity index (χ4n) is 2.22. The van der Waals surface area contributed by atoms with E-state index in [9.17, 15) is 4.79 Å². The van der Waals surface area contributed by atoms with Crippen molar-refractivity contribution in [1.82, 2.24) is 4.90 Å². The van der Waals surface area contributed by atoms with Crippen LogP contribution >= 0.6 is 0 Å². The van der Waals surface area contributed by atoms with E-state index >= 15 is 0 Å². The molecule has 1 aliphatic rings. The van der Waals surface area contributed by atoms with Crippen LogP contribution in [0.25, 0.3) is 0 Å². The molecule has 1 heterocycles. The largest absolute Gasteiger partial charge is 0.398 e. The molecule has 1 unspecified atom stereocenters. The SMILES string of the molecule is Cc1c(N)cccc1NC(=O)CN1CCOC(C)C1. The number of ether oxygens (including phenoxy) is 1. The first-order chi connectivity index (χ1) is 9.06. The maximum absolute atomic E-state index is 12.0. The van der Waals surface area contributed by atoms with Gasteiger partial charge in [-0.25, -0.2) is 0 Å². The first-order valence-corrected chi connectivity index (χ1v) is 6.55. The summed E-state index contributed by atoms with van der Waals surface area (Å²) < 4.78 is 5.45. The number of nitrogens with zero attached hydrogens (tertiary/aromatic N) is 1. The molecule has 19 heavy (non-hydrogen) atoms. The Morgan fingerprint density at radius 2 is 2.37 bits per heavy atom. The molecular formula is C14H21N3O2. The highest BCUT2D eigenvalue weighted by atomic mass is 16.5. The third kappa shape index (κ3) is 3.68. The lowest BCUT2D eigenvalue weighted by atomic mass is 10.1.